The van der Waals surface area contributed by atoms with Crippen LogP contribution in [0.4, 0.5) is 0 Å². The van der Waals surface area contributed by atoms with Gasteiger partial charge in [-0.15, -0.1) is 11.3 Å². The van der Waals surface area contributed by atoms with Gasteiger partial charge in [0.05, 0.1) is 18.7 Å². The second-order valence-electron chi connectivity index (χ2n) is 7.31. The molecule has 0 radical (unpaired) electrons. The van der Waals surface area contributed by atoms with Crippen LogP contribution in [0.15, 0.2) is 48.5 Å². The number of carboxylic acids is 1. The molecule has 0 atom stereocenters. The molecule has 0 bridgehead atoms. The molecule has 1 aromatic heterocycles. The van der Waals surface area contributed by atoms with Crippen molar-refractivity contribution >= 4 is 22.9 Å². The number of ether oxygens (including phenoxy) is 1. The van der Waals surface area contributed by atoms with E-state index in [1.807, 2.05) is 24.3 Å². The lowest BCUT2D eigenvalue weighted by molar-refractivity contribution is -0.135. The summed E-state index contributed by atoms with van der Waals surface area (Å²) in [7, 11) is 0. The van der Waals surface area contributed by atoms with Crippen molar-refractivity contribution in [2.24, 2.45) is 0 Å². The monoisotopic (exact) mass is 405 g/mol. The van der Waals surface area contributed by atoms with E-state index >= 15 is 0 Å². The molecule has 2 aromatic carbocycles. The molecule has 0 aliphatic heterocycles. The second-order valence-corrected chi connectivity index (χ2v) is 8.51. The standard InChI is InChI=1S/C24H23NO3S/c1-15-3-5-17(6-4-15)24-25-22(16(2)29-24)11-12-28-20-9-10-21-18(13-20)7-8-19(21)14-23(26)27/h3-6,8-10,13H,7,11-12,14H2,1-2H3,(H,26,27). The molecule has 5 heteroatoms. The zero-order valence-electron chi connectivity index (χ0n) is 16.6. The SMILES string of the molecule is Cc1ccc(-c2nc(CCOc3ccc4c(c3)CC=C4CC(=O)O)c(C)s2)cc1. The number of carboxylic acid groups (broad SMARTS) is 1. The van der Waals surface area contributed by atoms with Gasteiger partial charge < -0.3 is 9.84 Å². The Morgan fingerprint density at radius 1 is 1.17 bits per heavy atom. The number of thiazole rings is 1. The summed E-state index contributed by atoms with van der Waals surface area (Å²) in [5.41, 5.74) is 6.52. The van der Waals surface area contributed by atoms with E-state index in [-0.39, 0.29) is 6.42 Å². The molecule has 3 aromatic rings. The van der Waals surface area contributed by atoms with Crippen LogP contribution in [-0.2, 0) is 17.6 Å². The highest BCUT2D eigenvalue weighted by Crippen LogP contribution is 2.33. The predicted octanol–water partition coefficient (Wildman–Crippen LogP) is 5.46. The fourth-order valence-electron chi connectivity index (χ4n) is 3.56. The molecule has 0 spiro atoms. The van der Waals surface area contributed by atoms with E-state index in [2.05, 4.69) is 38.1 Å². The largest absolute Gasteiger partial charge is 0.493 e. The zero-order valence-corrected chi connectivity index (χ0v) is 17.4. The van der Waals surface area contributed by atoms with E-state index in [0.717, 1.165) is 51.6 Å². The molecule has 0 unspecified atom stereocenters. The smallest absolute Gasteiger partial charge is 0.307 e. The van der Waals surface area contributed by atoms with Gasteiger partial charge in [-0.05, 0) is 49.1 Å². The summed E-state index contributed by atoms with van der Waals surface area (Å²) in [6.07, 6.45) is 3.58. The summed E-state index contributed by atoms with van der Waals surface area (Å²) >= 11 is 1.72. The van der Waals surface area contributed by atoms with E-state index in [1.165, 1.54) is 10.4 Å². The Labute approximate surface area is 174 Å². The topological polar surface area (TPSA) is 59.4 Å². The van der Waals surface area contributed by atoms with Crippen LogP contribution in [0.3, 0.4) is 0 Å². The third kappa shape index (κ3) is 4.40. The van der Waals surface area contributed by atoms with Gasteiger partial charge in [0.2, 0.25) is 0 Å². The molecule has 1 N–H and O–H groups in total. The van der Waals surface area contributed by atoms with Crippen LogP contribution >= 0.6 is 11.3 Å². The minimum absolute atomic E-state index is 0.0691. The van der Waals surface area contributed by atoms with Gasteiger partial charge in [-0.1, -0.05) is 42.0 Å². The van der Waals surface area contributed by atoms with Crippen molar-refractivity contribution in [3.63, 3.8) is 0 Å². The van der Waals surface area contributed by atoms with Crippen LogP contribution in [0, 0.1) is 13.8 Å². The minimum Gasteiger partial charge on any atom is -0.493 e. The summed E-state index contributed by atoms with van der Waals surface area (Å²) < 4.78 is 5.96. The molecule has 1 heterocycles. The van der Waals surface area contributed by atoms with Crippen LogP contribution in [0.5, 0.6) is 5.75 Å². The molecule has 4 nitrogen and oxygen atoms in total. The van der Waals surface area contributed by atoms with E-state index < -0.39 is 5.97 Å². The van der Waals surface area contributed by atoms with E-state index in [9.17, 15) is 4.79 Å². The van der Waals surface area contributed by atoms with Gasteiger partial charge in [-0.2, -0.15) is 0 Å². The molecule has 1 aliphatic rings. The molecular formula is C24H23NO3S. The Hall–Kier alpha value is -2.92. The van der Waals surface area contributed by atoms with Crippen molar-refractivity contribution in [3.8, 4) is 16.3 Å². The lowest BCUT2D eigenvalue weighted by Crippen LogP contribution is -2.03. The number of hydrogen-bond donors (Lipinski definition) is 1. The van der Waals surface area contributed by atoms with Crippen molar-refractivity contribution in [1.29, 1.82) is 0 Å². The zero-order chi connectivity index (χ0) is 20.4. The highest BCUT2D eigenvalue weighted by atomic mass is 32.1. The minimum atomic E-state index is -0.798. The normalized spacial score (nSPS) is 12.6. The number of aliphatic carboxylic acids is 1. The number of carbonyl (C=O) groups is 1. The van der Waals surface area contributed by atoms with Crippen molar-refractivity contribution in [2.45, 2.75) is 33.1 Å². The first-order valence-electron chi connectivity index (χ1n) is 9.70. The highest BCUT2D eigenvalue weighted by molar-refractivity contribution is 7.15. The molecule has 1 aliphatic carbocycles. The Bertz CT molecular complexity index is 1080. The van der Waals surface area contributed by atoms with Gasteiger partial charge in [-0.3, -0.25) is 4.79 Å². The summed E-state index contributed by atoms with van der Waals surface area (Å²) in [4.78, 5) is 17.0. The molecular weight excluding hydrogens is 382 g/mol. The average molecular weight is 406 g/mol. The van der Waals surface area contributed by atoms with Crippen molar-refractivity contribution < 1.29 is 14.6 Å². The third-order valence-corrected chi connectivity index (χ3v) is 6.19. The number of benzene rings is 2. The number of fused-ring (bicyclic) bond motifs is 1. The second kappa shape index (κ2) is 8.21. The lowest BCUT2D eigenvalue weighted by atomic mass is 10.0. The number of nitrogens with zero attached hydrogens (tertiary/aromatic N) is 1. The molecule has 0 amide bonds. The van der Waals surface area contributed by atoms with Crippen molar-refractivity contribution in [2.75, 3.05) is 6.61 Å². The third-order valence-electron chi connectivity index (χ3n) is 5.13. The fraction of sp³-hybridized carbons (Fsp3) is 0.250. The quantitative estimate of drug-likeness (QED) is 0.567. The van der Waals surface area contributed by atoms with Gasteiger partial charge in [0.15, 0.2) is 0 Å². The first-order valence-corrected chi connectivity index (χ1v) is 10.5. The van der Waals surface area contributed by atoms with Gasteiger partial charge in [0, 0.05) is 16.9 Å². The number of allylic oxidation sites excluding steroid dienone is 1. The first kappa shape index (κ1) is 19.4. The maximum Gasteiger partial charge on any atom is 0.307 e. The number of hydrogen-bond acceptors (Lipinski definition) is 4. The van der Waals surface area contributed by atoms with Crippen LogP contribution < -0.4 is 4.74 Å². The van der Waals surface area contributed by atoms with Crippen LogP contribution in [0.1, 0.15) is 33.7 Å². The summed E-state index contributed by atoms with van der Waals surface area (Å²) in [5.74, 6) is 0.0217. The van der Waals surface area contributed by atoms with Gasteiger partial charge in [0.25, 0.3) is 0 Å². The Morgan fingerprint density at radius 3 is 2.72 bits per heavy atom. The van der Waals surface area contributed by atoms with Gasteiger partial charge >= 0.3 is 5.97 Å². The molecule has 0 fully saturated rings. The summed E-state index contributed by atoms with van der Waals surface area (Å²) in [6, 6.07) is 14.4. The van der Waals surface area contributed by atoms with Crippen LogP contribution in [0.25, 0.3) is 16.1 Å². The van der Waals surface area contributed by atoms with Crippen LogP contribution in [0.2, 0.25) is 0 Å². The number of aromatic nitrogens is 1. The Balaban J connectivity index is 1.38. The highest BCUT2D eigenvalue weighted by Gasteiger charge is 2.17. The van der Waals surface area contributed by atoms with Crippen LogP contribution in [-0.4, -0.2) is 22.7 Å². The molecule has 0 saturated carbocycles. The van der Waals surface area contributed by atoms with Crippen molar-refractivity contribution in [1.82, 2.24) is 4.98 Å². The van der Waals surface area contributed by atoms with Gasteiger partial charge in [0.1, 0.15) is 10.8 Å². The van der Waals surface area contributed by atoms with E-state index in [1.54, 1.807) is 11.3 Å². The fourth-order valence-corrected chi connectivity index (χ4v) is 4.53. The number of aryl methyl sites for hydroxylation is 2. The molecule has 148 valence electrons. The molecule has 4 rings (SSSR count). The maximum absolute atomic E-state index is 11.0. The average Bonchev–Trinajstić information content (AvgIpc) is 3.25. The molecule has 29 heavy (non-hydrogen) atoms. The van der Waals surface area contributed by atoms with Crippen molar-refractivity contribution in [3.05, 3.63) is 75.8 Å². The Morgan fingerprint density at radius 2 is 1.97 bits per heavy atom. The summed E-state index contributed by atoms with van der Waals surface area (Å²) in [5, 5.41) is 10.1. The van der Waals surface area contributed by atoms with E-state index in [4.69, 9.17) is 14.8 Å². The van der Waals surface area contributed by atoms with E-state index in [0.29, 0.717) is 6.61 Å². The predicted molar refractivity (Wildman–Crippen MR) is 117 cm³/mol. The first-order chi connectivity index (χ1) is 14.0. The summed E-state index contributed by atoms with van der Waals surface area (Å²) in [6.45, 7) is 4.75. The molecule has 0 saturated heterocycles. The number of rotatable bonds is 7. The van der Waals surface area contributed by atoms with Gasteiger partial charge in [-0.25, -0.2) is 4.98 Å². The lowest BCUT2D eigenvalue weighted by Gasteiger charge is -2.09. The maximum atomic E-state index is 11.0. The Kier molecular flexibility index (Phi) is 5.49.